The van der Waals surface area contributed by atoms with E-state index in [4.69, 9.17) is 0 Å². The fourth-order valence-electron chi connectivity index (χ4n) is 3.68. The van der Waals surface area contributed by atoms with Crippen molar-refractivity contribution in [2.24, 2.45) is 5.92 Å². The van der Waals surface area contributed by atoms with Crippen LogP contribution in [0.2, 0.25) is 0 Å². The lowest BCUT2D eigenvalue weighted by molar-refractivity contribution is -0.142. The molecule has 2 aliphatic heterocycles. The number of carbonyl (C=O) groups is 1. The number of rotatable bonds is 2. The third-order valence-electron chi connectivity index (χ3n) is 4.52. The predicted octanol–water partition coefficient (Wildman–Crippen LogP) is 3.59. The Morgan fingerprint density at radius 2 is 1.95 bits per heavy atom. The van der Waals surface area contributed by atoms with E-state index in [9.17, 15) is 9.90 Å². The van der Waals surface area contributed by atoms with E-state index in [0.29, 0.717) is 12.1 Å². The van der Waals surface area contributed by atoms with E-state index in [1.54, 1.807) is 0 Å². The minimum absolute atomic E-state index is 0.149. The first kappa shape index (κ1) is 13.0. The summed E-state index contributed by atoms with van der Waals surface area (Å²) in [6.45, 7) is 2.13. The third-order valence-corrected chi connectivity index (χ3v) is 5.01. The third kappa shape index (κ3) is 2.27. The first-order valence-electron chi connectivity index (χ1n) is 6.83. The van der Waals surface area contributed by atoms with Gasteiger partial charge in [0.1, 0.15) is 0 Å². The molecule has 2 unspecified atom stereocenters. The van der Waals surface area contributed by atoms with Crippen molar-refractivity contribution in [3.05, 3.63) is 28.2 Å². The molecule has 4 heteroatoms. The summed E-state index contributed by atoms with van der Waals surface area (Å²) in [6.07, 6.45) is 3.84. The van der Waals surface area contributed by atoms with Gasteiger partial charge >= 0.3 is 5.97 Å². The second-order valence-corrected chi connectivity index (χ2v) is 6.65. The number of piperidine rings is 1. The quantitative estimate of drug-likeness (QED) is 0.904. The molecule has 102 valence electrons. The molecule has 0 aromatic heterocycles. The van der Waals surface area contributed by atoms with Crippen molar-refractivity contribution in [2.75, 3.05) is 4.90 Å². The summed E-state index contributed by atoms with van der Waals surface area (Å²) in [7, 11) is 0. The first-order chi connectivity index (χ1) is 9.06. The van der Waals surface area contributed by atoms with Crippen molar-refractivity contribution >= 4 is 27.6 Å². The van der Waals surface area contributed by atoms with Gasteiger partial charge in [-0.2, -0.15) is 0 Å². The molecule has 2 saturated heterocycles. The normalized spacial score (nSPS) is 29.6. The van der Waals surface area contributed by atoms with Crippen LogP contribution in [0.25, 0.3) is 0 Å². The molecule has 1 aromatic rings. The smallest absolute Gasteiger partial charge is 0.306 e. The standard InChI is InChI=1S/C15H18BrNO2/c1-9-6-11(16)2-5-14(9)17-12-3-4-13(17)8-10(7-12)15(18)19/h2,5-6,10,12-13H,3-4,7-8H2,1H3,(H,18,19). The molecule has 0 spiro atoms. The van der Waals surface area contributed by atoms with Crippen LogP contribution in [0.15, 0.2) is 22.7 Å². The molecule has 19 heavy (non-hydrogen) atoms. The van der Waals surface area contributed by atoms with Gasteiger partial charge in [-0.15, -0.1) is 0 Å². The van der Waals surface area contributed by atoms with Crippen LogP contribution in [0.3, 0.4) is 0 Å². The van der Waals surface area contributed by atoms with Crippen molar-refractivity contribution < 1.29 is 9.90 Å². The number of nitrogens with zero attached hydrogens (tertiary/aromatic N) is 1. The zero-order valence-electron chi connectivity index (χ0n) is 11.0. The molecular formula is C15H18BrNO2. The molecule has 3 rings (SSSR count). The number of aliphatic carboxylic acids is 1. The molecule has 1 N–H and O–H groups in total. The molecule has 2 bridgehead atoms. The molecule has 2 heterocycles. The van der Waals surface area contributed by atoms with Crippen LogP contribution >= 0.6 is 15.9 Å². The summed E-state index contributed by atoms with van der Waals surface area (Å²) in [5.41, 5.74) is 2.54. The largest absolute Gasteiger partial charge is 0.481 e. The maximum absolute atomic E-state index is 11.2. The van der Waals surface area contributed by atoms with E-state index in [1.807, 2.05) is 0 Å². The predicted molar refractivity (Wildman–Crippen MR) is 78.5 cm³/mol. The number of benzene rings is 1. The summed E-state index contributed by atoms with van der Waals surface area (Å²) >= 11 is 3.50. The van der Waals surface area contributed by atoms with E-state index in [1.165, 1.54) is 11.3 Å². The van der Waals surface area contributed by atoms with Crippen LogP contribution in [-0.4, -0.2) is 23.2 Å². The highest BCUT2D eigenvalue weighted by Gasteiger charge is 2.43. The van der Waals surface area contributed by atoms with Crippen molar-refractivity contribution in [3.63, 3.8) is 0 Å². The molecule has 0 radical (unpaired) electrons. The first-order valence-corrected chi connectivity index (χ1v) is 7.63. The van der Waals surface area contributed by atoms with Crippen LogP contribution in [0, 0.1) is 12.8 Å². The second-order valence-electron chi connectivity index (χ2n) is 5.73. The number of carboxylic acids is 1. The zero-order chi connectivity index (χ0) is 13.6. The van der Waals surface area contributed by atoms with Crippen LogP contribution in [0.1, 0.15) is 31.2 Å². The van der Waals surface area contributed by atoms with Gasteiger partial charge in [0.15, 0.2) is 0 Å². The zero-order valence-corrected chi connectivity index (χ0v) is 12.6. The topological polar surface area (TPSA) is 40.5 Å². The van der Waals surface area contributed by atoms with E-state index >= 15 is 0 Å². The van der Waals surface area contributed by atoms with Crippen molar-refractivity contribution in [3.8, 4) is 0 Å². The number of fused-ring (bicyclic) bond motifs is 2. The summed E-state index contributed by atoms with van der Waals surface area (Å²) < 4.78 is 1.10. The van der Waals surface area contributed by atoms with Crippen molar-refractivity contribution in [1.29, 1.82) is 0 Å². The SMILES string of the molecule is Cc1cc(Br)ccc1N1C2CCC1CC(C(=O)O)C2. The maximum Gasteiger partial charge on any atom is 0.306 e. The Morgan fingerprint density at radius 1 is 1.32 bits per heavy atom. The molecule has 0 saturated carbocycles. The van der Waals surface area contributed by atoms with Gasteiger partial charge in [0.05, 0.1) is 5.92 Å². The van der Waals surface area contributed by atoms with E-state index in [2.05, 4.69) is 46.0 Å². The van der Waals surface area contributed by atoms with Gasteiger partial charge < -0.3 is 10.0 Å². The number of carboxylic acid groups (broad SMARTS) is 1. The van der Waals surface area contributed by atoms with Crippen LogP contribution in [0.5, 0.6) is 0 Å². The highest BCUT2D eigenvalue weighted by Crippen LogP contribution is 2.43. The summed E-state index contributed by atoms with van der Waals surface area (Å²) in [6, 6.07) is 7.18. The van der Waals surface area contributed by atoms with Gasteiger partial charge in [-0.3, -0.25) is 4.79 Å². The van der Waals surface area contributed by atoms with Gasteiger partial charge in [0.2, 0.25) is 0 Å². The summed E-state index contributed by atoms with van der Waals surface area (Å²) in [5.74, 6) is -0.770. The lowest BCUT2D eigenvalue weighted by atomic mass is 9.90. The van der Waals surface area contributed by atoms with Crippen LogP contribution in [0.4, 0.5) is 5.69 Å². The molecule has 2 atom stereocenters. The molecule has 0 amide bonds. The minimum atomic E-state index is -0.621. The van der Waals surface area contributed by atoms with Gasteiger partial charge in [0, 0.05) is 22.2 Å². The van der Waals surface area contributed by atoms with Crippen molar-refractivity contribution in [2.45, 2.75) is 44.7 Å². The number of anilines is 1. The highest BCUT2D eigenvalue weighted by molar-refractivity contribution is 9.10. The average molecular weight is 324 g/mol. The van der Waals surface area contributed by atoms with E-state index in [0.717, 1.165) is 30.2 Å². The second kappa shape index (κ2) is 4.82. The Balaban J connectivity index is 1.89. The van der Waals surface area contributed by atoms with Gasteiger partial charge in [0.25, 0.3) is 0 Å². The number of aryl methyl sites for hydroxylation is 1. The highest BCUT2D eigenvalue weighted by atomic mass is 79.9. The van der Waals surface area contributed by atoms with Gasteiger partial charge in [-0.1, -0.05) is 15.9 Å². The Morgan fingerprint density at radius 3 is 2.47 bits per heavy atom. The van der Waals surface area contributed by atoms with E-state index in [-0.39, 0.29) is 5.92 Å². The van der Waals surface area contributed by atoms with Crippen LogP contribution < -0.4 is 4.90 Å². The fraction of sp³-hybridized carbons (Fsp3) is 0.533. The fourth-order valence-corrected chi connectivity index (χ4v) is 4.16. The molecular weight excluding hydrogens is 306 g/mol. The molecule has 2 aliphatic rings. The lowest BCUT2D eigenvalue weighted by Gasteiger charge is -2.40. The van der Waals surface area contributed by atoms with Gasteiger partial charge in [-0.05, 0) is 56.4 Å². The number of halogens is 1. The van der Waals surface area contributed by atoms with Gasteiger partial charge in [-0.25, -0.2) is 0 Å². The monoisotopic (exact) mass is 323 g/mol. The minimum Gasteiger partial charge on any atom is -0.481 e. The van der Waals surface area contributed by atoms with Crippen LogP contribution in [-0.2, 0) is 4.79 Å². The molecule has 3 nitrogen and oxygen atoms in total. The molecule has 1 aromatic carbocycles. The maximum atomic E-state index is 11.2. The number of hydrogen-bond donors (Lipinski definition) is 1. The summed E-state index contributed by atoms with van der Waals surface area (Å²) in [5, 5.41) is 9.22. The Kier molecular flexibility index (Phi) is 3.29. The Bertz CT molecular complexity index is 503. The number of hydrogen-bond acceptors (Lipinski definition) is 2. The Labute approximate surface area is 121 Å². The molecule has 0 aliphatic carbocycles. The summed E-state index contributed by atoms with van der Waals surface area (Å²) in [4.78, 5) is 13.7. The van der Waals surface area contributed by atoms with Crippen molar-refractivity contribution in [1.82, 2.24) is 0 Å². The molecule has 2 fully saturated rings. The lowest BCUT2D eigenvalue weighted by Crippen LogP contribution is -2.45. The average Bonchev–Trinajstić information content (AvgIpc) is 2.60. The Hall–Kier alpha value is -1.03. The van der Waals surface area contributed by atoms with E-state index < -0.39 is 5.97 Å².